The highest BCUT2D eigenvalue weighted by Crippen LogP contribution is 2.26. The van der Waals surface area contributed by atoms with Gasteiger partial charge in [0.05, 0.1) is 10.3 Å². The minimum absolute atomic E-state index is 0.769. The summed E-state index contributed by atoms with van der Waals surface area (Å²) in [6, 6.07) is 2.20. The van der Waals surface area contributed by atoms with Crippen molar-refractivity contribution in [3.63, 3.8) is 0 Å². The largest absolute Gasteiger partial charge is 0.301 e. The first kappa shape index (κ1) is 10.8. The molecule has 0 radical (unpaired) electrons. The number of nitrogens with one attached hydrogen (secondary N) is 1. The van der Waals surface area contributed by atoms with Crippen LogP contribution in [-0.4, -0.2) is 6.54 Å². The summed E-state index contributed by atoms with van der Waals surface area (Å²) < 4.78 is 1.23. The molecule has 1 N–H and O–H groups in total. The maximum Gasteiger partial charge on any atom is 0.0730 e. The van der Waals surface area contributed by atoms with Gasteiger partial charge in [-0.15, -0.1) is 17.3 Å². The molecule has 0 fully saturated rings. The second kappa shape index (κ2) is 5.43. The van der Waals surface area contributed by atoms with Crippen LogP contribution in [0.3, 0.4) is 0 Å². The van der Waals surface area contributed by atoms with Crippen LogP contribution in [0.25, 0.3) is 0 Å². The molecular formula is C10H12BrNS. The third-order valence-corrected chi connectivity index (χ3v) is 3.73. The Morgan fingerprint density at radius 2 is 2.38 bits per heavy atom. The molecule has 1 aromatic heterocycles. The van der Waals surface area contributed by atoms with E-state index in [1.165, 1.54) is 14.2 Å². The lowest BCUT2D eigenvalue weighted by molar-refractivity contribution is 0.780. The van der Waals surface area contributed by atoms with Crippen molar-refractivity contribution in [3.8, 4) is 11.8 Å². The highest BCUT2D eigenvalue weighted by molar-refractivity contribution is 9.11. The van der Waals surface area contributed by atoms with Crippen LogP contribution in [0, 0.1) is 18.8 Å². The first-order valence-electron chi connectivity index (χ1n) is 4.09. The third-order valence-electron chi connectivity index (χ3n) is 1.60. The van der Waals surface area contributed by atoms with Gasteiger partial charge in [-0.05, 0) is 41.4 Å². The molecule has 0 aromatic carbocycles. The van der Waals surface area contributed by atoms with Gasteiger partial charge in [0, 0.05) is 11.4 Å². The third kappa shape index (κ3) is 3.51. The lowest BCUT2D eigenvalue weighted by Crippen LogP contribution is -2.11. The van der Waals surface area contributed by atoms with E-state index < -0.39 is 0 Å². The van der Waals surface area contributed by atoms with Gasteiger partial charge in [-0.1, -0.05) is 5.92 Å². The van der Waals surface area contributed by atoms with E-state index in [0.717, 1.165) is 13.1 Å². The highest BCUT2D eigenvalue weighted by atomic mass is 79.9. The number of hydrogen-bond donors (Lipinski definition) is 1. The lowest BCUT2D eigenvalue weighted by atomic mass is 10.3. The molecule has 0 saturated carbocycles. The van der Waals surface area contributed by atoms with E-state index in [1.54, 1.807) is 11.3 Å². The summed E-state index contributed by atoms with van der Waals surface area (Å²) in [5.41, 5.74) is 1.31. The molecule has 0 bridgehead atoms. The second-order valence-corrected chi connectivity index (χ2v) is 5.15. The molecule has 0 amide bonds. The minimum Gasteiger partial charge on any atom is -0.301 e. The summed E-state index contributed by atoms with van der Waals surface area (Å²) in [5.74, 6) is 5.82. The van der Waals surface area contributed by atoms with E-state index >= 15 is 0 Å². The van der Waals surface area contributed by atoms with Crippen LogP contribution < -0.4 is 5.32 Å². The molecule has 1 rings (SSSR count). The van der Waals surface area contributed by atoms with Crippen LogP contribution in [0.15, 0.2) is 9.85 Å². The fourth-order valence-electron chi connectivity index (χ4n) is 0.947. The number of thiophene rings is 1. The van der Waals surface area contributed by atoms with E-state index in [1.807, 2.05) is 6.92 Å². The van der Waals surface area contributed by atoms with Crippen molar-refractivity contribution in [2.75, 3.05) is 6.54 Å². The van der Waals surface area contributed by atoms with Gasteiger partial charge < -0.3 is 5.32 Å². The lowest BCUT2D eigenvalue weighted by Gasteiger charge is -1.95. The zero-order valence-corrected chi connectivity index (χ0v) is 10.2. The van der Waals surface area contributed by atoms with Crippen LogP contribution in [-0.2, 0) is 6.54 Å². The summed E-state index contributed by atoms with van der Waals surface area (Å²) in [7, 11) is 0. The van der Waals surface area contributed by atoms with Crippen LogP contribution in [0.1, 0.15) is 17.4 Å². The van der Waals surface area contributed by atoms with Crippen molar-refractivity contribution in [2.45, 2.75) is 20.4 Å². The van der Waals surface area contributed by atoms with E-state index in [-0.39, 0.29) is 0 Å². The average Bonchev–Trinajstić information content (AvgIpc) is 2.41. The van der Waals surface area contributed by atoms with Crippen molar-refractivity contribution >= 4 is 27.3 Å². The van der Waals surface area contributed by atoms with Gasteiger partial charge in [-0.2, -0.15) is 0 Å². The molecule has 0 spiro atoms. The normalized spacial score (nSPS) is 9.46. The first-order valence-corrected chi connectivity index (χ1v) is 5.70. The Labute approximate surface area is 91.7 Å². The standard InChI is InChI=1S/C10H12BrNS/c1-3-4-5-12-7-9-6-8(2)10(11)13-9/h6,12H,5,7H2,1-2H3. The summed E-state index contributed by atoms with van der Waals surface area (Å²) in [6.07, 6.45) is 0. The fourth-order valence-corrected chi connectivity index (χ4v) is 2.55. The molecular weight excluding hydrogens is 246 g/mol. The SMILES string of the molecule is CC#CCNCc1cc(C)c(Br)s1. The Balaban J connectivity index is 2.40. The van der Waals surface area contributed by atoms with Crippen LogP contribution in [0.4, 0.5) is 0 Å². The molecule has 1 nitrogen and oxygen atoms in total. The molecule has 1 aromatic rings. The number of aryl methyl sites for hydroxylation is 1. The van der Waals surface area contributed by atoms with E-state index in [4.69, 9.17) is 0 Å². The van der Waals surface area contributed by atoms with E-state index in [9.17, 15) is 0 Å². The van der Waals surface area contributed by atoms with Crippen molar-refractivity contribution in [1.29, 1.82) is 0 Å². The molecule has 0 aliphatic rings. The zero-order chi connectivity index (χ0) is 9.68. The Hall–Kier alpha value is -0.300. The molecule has 1 heterocycles. The Bertz CT molecular complexity index is 313. The summed E-state index contributed by atoms with van der Waals surface area (Å²) in [5, 5.41) is 3.26. The van der Waals surface area contributed by atoms with Gasteiger partial charge in [0.15, 0.2) is 0 Å². The van der Waals surface area contributed by atoms with Gasteiger partial charge in [0.2, 0.25) is 0 Å². The predicted molar refractivity (Wildman–Crippen MR) is 61.9 cm³/mol. The van der Waals surface area contributed by atoms with E-state index in [0.29, 0.717) is 0 Å². The number of hydrogen-bond acceptors (Lipinski definition) is 2. The molecule has 3 heteroatoms. The van der Waals surface area contributed by atoms with E-state index in [2.05, 4.69) is 46.1 Å². The molecule has 70 valence electrons. The molecule has 0 atom stereocenters. The Kier molecular flexibility index (Phi) is 4.51. The molecule has 0 aliphatic carbocycles. The number of rotatable bonds is 3. The molecule has 0 unspecified atom stereocenters. The zero-order valence-electron chi connectivity index (χ0n) is 7.78. The monoisotopic (exact) mass is 257 g/mol. The quantitative estimate of drug-likeness (QED) is 0.649. The van der Waals surface area contributed by atoms with Crippen LogP contribution in [0.2, 0.25) is 0 Å². The first-order chi connectivity index (χ1) is 6.24. The highest BCUT2D eigenvalue weighted by Gasteiger charge is 2.00. The topological polar surface area (TPSA) is 12.0 Å². The minimum atomic E-state index is 0.769. The van der Waals surface area contributed by atoms with Gasteiger partial charge >= 0.3 is 0 Å². The van der Waals surface area contributed by atoms with Crippen LogP contribution in [0.5, 0.6) is 0 Å². The summed E-state index contributed by atoms with van der Waals surface area (Å²) in [6.45, 7) is 5.64. The smallest absolute Gasteiger partial charge is 0.0730 e. The van der Waals surface area contributed by atoms with Gasteiger partial charge in [-0.3, -0.25) is 0 Å². The average molecular weight is 258 g/mol. The molecule has 0 aliphatic heterocycles. The van der Waals surface area contributed by atoms with Gasteiger partial charge in [0.25, 0.3) is 0 Å². The van der Waals surface area contributed by atoms with Crippen molar-refractivity contribution in [1.82, 2.24) is 5.32 Å². The Morgan fingerprint density at radius 1 is 1.62 bits per heavy atom. The summed E-state index contributed by atoms with van der Waals surface area (Å²) in [4.78, 5) is 1.35. The van der Waals surface area contributed by atoms with Gasteiger partial charge in [-0.25, -0.2) is 0 Å². The van der Waals surface area contributed by atoms with Crippen molar-refractivity contribution in [3.05, 3.63) is 20.3 Å². The number of halogens is 1. The second-order valence-electron chi connectivity index (χ2n) is 2.70. The van der Waals surface area contributed by atoms with Crippen molar-refractivity contribution in [2.24, 2.45) is 0 Å². The van der Waals surface area contributed by atoms with Crippen LogP contribution >= 0.6 is 27.3 Å². The molecule has 0 saturated heterocycles. The molecule has 13 heavy (non-hydrogen) atoms. The predicted octanol–water partition coefficient (Wildman–Crippen LogP) is 2.93. The summed E-state index contributed by atoms with van der Waals surface area (Å²) >= 11 is 5.28. The Morgan fingerprint density at radius 3 is 2.92 bits per heavy atom. The maximum atomic E-state index is 3.50. The van der Waals surface area contributed by atoms with Crippen molar-refractivity contribution < 1.29 is 0 Å². The van der Waals surface area contributed by atoms with Gasteiger partial charge in [0.1, 0.15) is 0 Å². The fraction of sp³-hybridized carbons (Fsp3) is 0.400. The maximum absolute atomic E-state index is 3.50.